The molecule has 0 aliphatic heterocycles. The Morgan fingerprint density at radius 2 is 2.10 bits per heavy atom. The fourth-order valence-corrected chi connectivity index (χ4v) is 3.16. The van der Waals surface area contributed by atoms with E-state index in [1.54, 1.807) is 30.6 Å². The summed E-state index contributed by atoms with van der Waals surface area (Å²) in [4.78, 5) is 4.23. The number of pyridine rings is 1. The summed E-state index contributed by atoms with van der Waals surface area (Å²) in [6.45, 7) is 0.905. The predicted molar refractivity (Wildman–Crippen MR) is 78.5 cm³/mol. The van der Waals surface area contributed by atoms with E-state index in [0.717, 1.165) is 5.39 Å². The molecule has 0 fully saturated rings. The number of sulfonamides is 1. The summed E-state index contributed by atoms with van der Waals surface area (Å²) < 4.78 is 32.2. The van der Waals surface area contributed by atoms with Crippen molar-refractivity contribution in [3.63, 3.8) is 0 Å². The number of fused-ring (bicyclic) bond motifs is 1. The molecule has 0 amide bonds. The van der Waals surface area contributed by atoms with Crippen molar-refractivity contribution in [2.24, 2.45) is 0 Å². The zero-order chi connectivity index (χ0) is 14.4. The molecule has 1 aromatic carbocycles. The lowest BCUT2D eigenvalue weighted by Crippen LogP contribution is -2.27. The fourth-order valence-electron chi connectivity index (χ4n) is 1.81. The van der Waals surface area contributed by atoms with Gasteiger partial charge >= 0.3 is 0 Å². The SMILES string of the molecule is O=S(=O)(NCCOCCCl)c1cccc2cnccc12. The van der Waals surface area contributed by atoms with Crippen LogP contribution in [0.2, 0.25) is 0 Å². The second-order valence-electron chi connectivity index (χ2n) is 4.05. The van der Waals surface area contributed by atoms with Crippen LogP contribution < -0.4 is 4.72 Å². The second-order valence-corrected chi connectivity index (χ2v) is 6.17. The van der Waals surface area contributed by atoms with E-state index in [0.29, 0.717) is 17.9 Å². The van der Waals surface area contributed by atoms with Crippen LogP contribution in [0, 0.1) is 0 Å². The Labute approximate surface area is 123 Å². The number of aromatic nitrogens is 1. The molecule has 0 spiro atoms. The summed E-state index contributed by atoms with van der Waals surface area (Å²) in [5.41, 5.74) is 0. The highest BCUT2D eigenvalue weighted by atomic mass is 35.5. The quantitative estimate of drug-likeness (QED) is 0.624. The highest BCUT2D eigenvalue weighted by molar-refractivity contribution is 7.89. The second kappa shape index (κ2) is 6.99. The molecule has 2 rings (SSSR count). The molecule has 1 heterocycles. The molecular formula is C13H15ClN2O3S. The lowest BCUT2D eigenvalue weighted by atomic mass is 10.2. The topological polar surface area (TPSA) is 68.3 Å². The van der Waals surface area contributed by atoms with Crippen LogP contribution in [0.4, 0.5) is 0 Å². The third kappa shape index (κ3) is 3.67. The van der Waals surface area contributed by atoms with Gasteiger partial charge in [-0.15, -0.1) is 11.6 Å². The molecule has 0 saturated carbocycles. The first kappa shape index (κ1) is 15.2. The van der Waals surface area contributed by atoms with Crippen molar-refractivity contribution in [1.82, 2.24) is 9.71 Å². The standard InChI is InChI=1S/C13H15ClN2O3S/c14-5-8-19-9-7-16-20(17,18)13-3-1-2-11-10-15-6-4-12(11)13/h1-4,6,10,16H,5,7-9H2. The van der Waals surface area contributed by atoms with E-state index < -0.39 is 10.0 Å². The molecule has 108 valence electrons. The molecule has 5 nitrogen and oxygen atoms in total. The first-order valence-electron chi connectivity index (χ1n) is 6.11. The maximum Gasteiger partial charge on any atom is 0.241 e. The maximum absolute atomic E-state index is 12.3. The van der Waals surface area contributed by atoms with Gasteiger partial charge in [0.05, 0.1) is 18.1 Å². The van der Waals surface area contributed by atoms with Gasteiger partial charge < -0.3 is 4.74 Å². The molecule has 1 aromatic heterocycles. The molecule has 0 saturated heterocycles. The Bertz CT molecular complexity index is 671. The minimum atomic E-state index is -3.56. The van der Waals surface area contributed by atoms with Crippen LogP contribution in [0.3, 0.4) is 0 Å². The van der Waals surface area contributed by atoms with E-state index in [-0.39, 0.29) is 18.0 Å². The van der Waals surface area contributed by atoms with Crippen molar-refractivity contribution in [2.75, 3.05) is 25.6 Å². The largest absolute Gasteiger partial charge is 0.379 e. The van der Waals surface area contributed by atoms with Gasteiger partial charge in [0.25, 0.3) is 0 Å². The van der Waals surface area contributed by atoms with Crippen molar-refractivity contribution < 1.29 is 13.2 Å². The Hall–Kier alpha value is -1.21. The number of nitrogens with one attached hydrogen (secondary N) is 1. The summed E-state index contributed by atoms with van der Waals surface area (Å²) >= 11 is 5.46. The number of benzene rings is 1. The average Bonchev–Trinajstić information content (AvgIpc) is 2.46. The molecule has 0 aliphatic carbocycles. The number of ether oxygens (including phenoxy) is 1. The molecular weight excluding hydrogens is 300 g/mol. The smallest absolute Gasteiger partial charge is 0.241 e. The first-order chi connectivity index (χ1) is 9.65. The van der Waals surface area contributed by atoms with Crippen LogP contribution in [0.25, 0.3) is 10.8 Å². The molecule has 0 bridgehead atoms. The highest BCUT2D eigenvalue weighted by Crippen LogP contribution is 2.21. The first-order valence-corrected chi connectivity index (χ1v) is 8.13. The number of alkyl halides is 1. The van der Waals surface area contributed by atoms with E-state index in [9.17, 15) is 8.42 Å². The molecule has 1 N–H and O–H groups in total. The van der Waals surface area contributed by atoms with Gasteiger partial charge in [0.2, 0.25) is 10.0 Å². The lowest BCUT2D eigenvalue weighted by Gasteiger charge is -2.09. The van der Waals surface area contributed by atoms with Gasteiger partial charge in [-0.3, -0.25) is 4.98 Å². The summed E-state index contributed by atoms with van der Waals surface area (Å²) in [6, 6.07) is 6.78. The fraction of sp³-hybridized carbons (Fsp3) is 0.308. The zero-order valence-electron chi connectivity index (χ0n) is 10.8. The summed E-state index contributed by atoms with van der Waals surface area (Å²) in [5, 5.41) is 1.44. The lowest BCUT2D eigenvalue weighted by molar-refractivity contribution is 0.155. The summed E-state index contributed by atoms with van der Waals surface area (Å²) in [6.07, 6.45) is 3.21. The van der Waals surface area contributed by atoms with E-state index in [4.69, 9.17) is 16.3 Å². The van der Waals surface area contributed by atoms with Gasteiger partial charge in [0.15, 0.2) is 0 Å². The van der Waals surface area contributed by atoms with Crippen LogP contribution in [0.1, 0.15) is 0 Å². The van der Waals surface area contributed by atoms with Gasteiger partial charge in [-0.05, 0) is 12.1 Å². The number of nitrogens with zero attached hydrogens (tertiary/aromatic N) is 1. The third-order valence-electron chi connectivity index (χ3n) is 2.69. The Kier molecular flexibility index (Phi) is 5.31. The monoisotopic (exact) mass is 314 g/mol. The minimum absolute atomic E-state index is 0.209. The van der Waals surface area contributed by atoms with Crippen molar-refractivity contribution in [3.05, 3.63) is 36.7 Å². The van der Waals surface area contributed by atoms with Crippen molar-refractivity contribution in [1.29, 1.82) is 0 Å². The van der Waals surface area contributed by atoms with Gasteiger partial charge in [0, 0.05) is 35.6 Å². The van der Waals surface area contributed by atoms with Crippen LogP contribution in [-0.4, -0.2) is 39.0 Å². The Morgan fingerprint density at radius 1 is 1.25 bits per heavy atom. The van der Waals surface area contributed by atoms with Crippen LogP contribution in [-0.2, 0) is 14.8 Å². The average molecular weight is 315 g/mol. The van der Waals surface area contributed by atoms with Gasteiger partial charge in [0.1, 0.15) is 0 Å². The molecule has 7 heteroatoms. The zero-order valence-corrected chi connectivity index (χ0v) is 12.3. The van der Waals surface area contributed by atoms with E-state index >= 15 is 0 Å². The molecule has 0 unspecified atom stereocenters. The molecule has 20 heavy (non-hydrogen) atoms. The third-order valence-corrected chi connectivity index (χ3v) is 4.36. The van der Waals surface area contributed by atoms with Gasteiger partial charge in [-0.25, -0.2) is 13.1 Å². The van der Waals surface area contributed by atoms with Crippen molar-refractivity contribution in [3.8, 4) is 0 Å². The number of rotatable bonds is 7. The van der Waals surface area contributed by atoms with E-state index in [1.807, 2.05) is 6.07 Å². The predicted octanol–water partition coefficient (Wildman–Crippen LogP) is 1.77. The highest BCUT2D eigenvalue weighted by Gasteiger charge is 2.16. The number of hydrogen-bond donors (Lipinski definition) is 1. The Morgan fingerprint density at radius 3 is 2.90 bits per heavy atom. The maximum atomic E-state index is 12.3. The van der Waals surface area contributed by atoms with Crippen LogP contribution in [0.15, 0.2) is 41.6 Å². The van der Waals surface area contributed by atoms with Gasteiger partial charge in [-0.1, -0.05) is 12.1 Å². The van der Waals surface area contributed by atoms with E-state index in [1.165, 1.54) is 0 Å². The molecule has 0 aliphatic rings. The number of hydrogen-bond acceptors (Lipinski definition) is 4. The summed E-state index contributed by atoms with van der Waals surface area (Å²) in [5.74, 6) is 0.392. The Balaban J connectivity index is 2.15. The van der Waals surface area contributed by atoms with Crippen LogP contribution >= 0.6 is 11.6 Å². The molecule has 0 radical (unpaired) electrons. The molecule has 0 atom stereocenters. The normalized spacial score (nSPS) is 11.8. The van der Waals surface area contributed by atoms with Crippen molar-refractivity contribution in [2.45, 2.75) is 4.90 Å². The van der Waals surface area contributed by atoms with Crippen molar-refractivity contribution >= 4 is 32.4 Å². The molecule has 2 aromatic rings. The minimum Gasteiger partial charge on any atom is -0.379 e. The van der Waals surface area contributed by atoms with Crippen LogP contribution in [0.5, 0.6) is 0 Å². The van der Waals surface area contributed by atoms with E-state index in [2.05, 4.69) is 9.71 Å². The summed E-state index contributed by atoms with van der Waals surface area (Å²) in [7, 11) is -3.56. The van der Waals surface area contributed by atoms with Gasteiger partial charge in [-0.2, -0.15) is 0 Å². The number of halogens is 1.